The molecule has 1 amide bonds. The molecule has 1 aromatic carbocycles. The van der Waals surface area contributed by atoms with Crippen molar-refractivity contribution < 1.29 is 23.1 Å². The lowest BCUT2D eigenvalue weighted by Crippen LogP contribution is -2.26. The summed E-state index contributed by atoms with van der Waals surface area (Å²) in [7, 11) is 0. The zero-order valence-electron chi connectivity index (χ0n) is 13.1. The Labute approximate surface area is 141 Å². The molecule has 0 aliphatic carbocycles. The van der Waals surface area contributed by atoms with Crippen molar-refractivity contribution in [2.24, 2.45) is 5.73 Å². The number of hydrogen-bond acceptors (Lipinski definition) is 4. The second kappa shape index (κ2) is 6.36. The molecule has 1 aliphatic rings. The van der Waals surface area contributed by atoms with E-state index in [9.17, 15) is 23.1 Å². The molecular formula is C17H16F3N3O2. The number of hydrogen-bond donors (Lipinski definition) is 2. The van der Waals surface area contributed by atoms with Crippen LogP contribution in [-0.2, 0) is 6.18 Å². The molecule has 2 heterocycles. The van der Waals surface area contributed by atoms with E-state index in [0.717, 1.165) is 6.07 Å². The average molecular weight is 351 g/mol. The number of halogens is 3. The Morgan fingerprint density at radius 2 is 2.00 bits per heavy atom. The molecule has 1 fully saturated rings. The first-order chi connectivity index (χ1) is 11.8. The van der Waals surface area contributed by atoms with Crippen molar-refractivity contribution in [3.05, 3.63) is 59.4 Å². The Morgan fingerprint density at radius 3 is 2.68 bits per heavy atom. The summed E-state index contributed by atoms with van der Waals surface area (Å²) in [5.74, 6) is -0.728. The number of aliphatic hydroxyl groups is 1. The Kier molecular flexibility index (Phi) is 4.38. The SMILES string of the molecule is NC(=O)c1cc(N2C[C@H](O)C[C@H]2c2ccccc2C(F)(F)F)ccn1. The Balaban J connectivity index is 2.05. The highest BCUT2D eigenvalue weighted by Gasteiger charge is 2.40. The number of aliphatic hydroxyl groups excluding tert-OH is 1. The monoisotopic (exact) mass is 351 g/mol. The Morgan fingerprint density at radius 1 is 1.28 bits per heavy atom. The van der Waals surface area contributed by atoms with E-state index < -0.39 is 29.8 Å². The van der Waals surface area contributed by atoms with E-state index in [1.165, 1.54) is 30.5 Å². The minimum atomic E-state index is -4.49. The standard InChI is InChI=1S/C17H16F3N3O2/c18-17(19,20)13-4-2-1-3-12(13)15-8-11(24)9-23(15)10-5-6-22-14(7-10)16(21)25/h1-7,11,15,24H,8-9H2,(H2,21,25)/t11-,15+/m1/s1. The molecule has 5 nitrogen and oxygen atoms in total. The molecule has 8 heteroatoms. The number of nitrogens with two attached hydrogens (primary N) is 1. The Bertz CT molecular complexity index is 795. The third-order valence-electron chi connectivity index (χ3n) is 4.23. The zero-order chi connectivity index (χ0) is 18.2. The fraction of sp³-hybridized carbons (Fsp3) is 0.294. The summed E-state index contributed by atoms with van der Waals surface area (Å²) < 4.78 is 40.0. The van der Waals surface area contributed by atoms with E-state index in [2.05, 4.69) is 4.98 Å². The molecule has 0 spiro atoms. The third-order valence-corrected chi connectivity index (χ3v) is 4.23. The third kappa shape index (κ3) is 3.43. The van der Waals surface area contributed by atoms with Crippen LogP contribution in [0.25, 0.3) is 0 Å². The van der Waals surface area contributed by atoms with Gasteiger partial charge in [0.2, 0.25) is 0 Å². The number of amides is 1. The summed E-state index contributed by atoms with van der Waals surface area (Å²) in [6, 6.07) is 7.64. The van der Waals surface area contributed by atoms with Gasteiger partial charge in [0, 0.05) is 18.4 Å². The fourth-order valence-electron chi connectivity index (χ4n) is 3.17. The number of alkyl halides is 3. The van der Waals surface area contributed by atoms with Gasteiger partial charge in [-0.15, -0.1) is 0 Å². The van der Waals surface area contributed by atoms with Crippen molar-refractivity contribution in [1.82, 2.24) is 4.98 Å². The molecule has 2 atom stereocenters. The van der Waals surface area contributed by atoms with E-state index >= 15 is 0 Å². The zero-order valence-corrected chi connectivity index (χ0v) is 13.1. The highest BCUT2D eigenvalue weighted by Crippen LogP contribution is 2.42. The number of primary amides is 1. The molecule has 132 valence electrons. The summed E-state index contributed by atoms with van der Waals surface area (Å²) in [6.45, 7) is 0.152. The number of carbonyl (C=O) groups is 1. The molecule has 0 saturated carbocycles. The van der Waals surface area contributed by atoms with Crippen LogP contribution >= 0.6 is 0 Å². The lowest BCUT2D eigenvalue weighted by molar-refractivity contribution is -0.138. The number of rotatable bonds is 3. The van der Waals surface area contributed by atoms with Crippen molar-refractivity contribution in [3.8, 4) is 0 Å². The predicted octanol–water partition coefficient (Wildman–Crippen LogP) is 2.51. The minimum absolute atomic E-state index is 0.0155. The van der Waals surface area contributed by atoms with Gasteiger partial charge in [-0.25, -0.2) is 0 Å². The predicted molar refractivity (Wildman–Crippen MR) is 84.9 cm³/mol. The summed E-state index contributed by atoms with van der Waals surface area (Å²) in [4.78, 5) is 16.8. The van der Waals surface area contributed by atoms with Crippen molar-refractivity contribution in [3.63, 3.8) is 0 Å². The topological polar surface area (TPSA) is 79.5 Å². The van der Waals surface area contributed by atoms with Crippen molar-refractivity contribution in [2.45, 2.75) is 24.7 Å². The number of carbonyl (C=O) groups excluding carboxylic acids is 1. The summed E-state index contributed by atoms with van der Waals surface area (Å²) in [6.07, 6.45) is -3.75. The van der Waals surface area contributed by atoms with Gasteiger partial charge >= 0.3 is 6.18 Å². The smallest absolute Gasteiger partial charge is 0.391 e. The number of aromatic nitrogens is 1. The van der Waals surface area contributed by atoms with Crippen LogP contribution in [0, 0.1) is 0 Å². The number of benzene rings is 1. The van der Waals surface area contributed by atoms with E-state index in [0.29, 0.717) is 5.69 Å². The van der Waals surface area contributed by atoms with Crippen molar-refractivity contribution in [1.29, 1.82) is 0 Å². The van der Waals surface area contributed by atoms with Crippen LogP contribution in [0.5, 0.6) is 0 Å². The molecule has 2 aromatic rings. The second-order valence-electron chi connectivity index (χ2n) is 5.91. The molecule has 3 rings (SSSR count). The number of pyridine rings is 1. The van der Waals surface area contributed by atoms with E-state index in [1.54, 1.807) is 11.0 Å². The molecule has 1 aliphatic heterocycles. The maximum absolute atomic E-state index is 13.3. The average Bonchev–Trinajstić information content (AvgIpc) is 2.96. The summed E-state index contributed by atoms with van der Waals surface area (Å²) >= 11 is 0. The number of β-amino-alcohol motifs (C(OH)–C–C–N with tert-alkyl or cyclic N) is 1. The molecule has 0 unspecified atom stereocenters. The van der Waals surface area contributed by atoms with Crippen LogP contribution in [0.4, 0.5) is 18.9 Å². The lowest BCUT2D eigenvalue weighted by atomic mass is 9.97. The molecule has 25 heavy (non-hydrogen) atoms. The first-order valence-corrected chi connectivity index (χ1v) is 7.64. The van der Waals surface area contributed by atoms with Crippen LogP contribution in [0.1, 0.15) is 34.1 Å². The molecular weight excluding hydrogens is 335 g/mol. The van der Waals surface area contributed by atoms with Gasteiger partial charge in [0.25, 0.3) is 5.91 Å². The fourth-order valence-corrected chi connectivity index (χ4v) is 3.17. The normalized spacial score (nSPS) is 20.7. The first kappa shape index (κ1) is 17.2. The van der Waals surface area contributed by atoms with Crippen molar-refractivity contribution >= 4 is 11.6 Å². The highest BCUT2D eigenvalue weighted by atomic mass is 19.4. The van der Waals surface area contributed by atoms with Gasteiger partial charge in [-0.2, -0.15) is 13.2 Å². The number of nitrogens with zero attached hydrogens (tertiary/aromatic N) is 2. The molecule has 0 bridgehead atoms. The van der Waals surface area contributed by atoms with E-state index in [4.69, 9.17) is 5.73 Å². The van der Waals surface area contributed by atoms with Gasteiger partial charge in [0.05, 0.1) is 17.7 Å². The quantitative estimate of drug-likeness (QED) is 0.891. The number of anilines is 1. The van der Waals surface area contributed by atoms with Crippen LogP contribution in [-0.4, -0.2) is 28.6 Å². The van der Waals surface area contributed by atoms with E-state index in [-0.39, 0.29) is 24.2 Å². The van der Waals surface area contributed by atoms with Gasteiger partial charge < -0.3 is 15.7 Å². The molecule has 1 saturated heterocycles. The van der Waals surface area contributed by atoms with Gasteiger partial charge in [-0.1, -0.05) is 18.2 Å². The molecule has 0 radical (unpaired) electrons. The first-order valence-electron chi connectivity index (χ1n) is 7.64. The van der Waals surface area contributed by atoms with Gasteiger partial charge in [-0.05, 0) is 30.2 Å². The van der Waals surface area contributed by atoms with Crippen LogP contribution in [0.15, 0.2) is 42.6 Å². The van der Waals surface area contributed by atoms with Crippen molar-refractivity contribution in [2.75, 3.05) is 11.4 Å². The van der Waals surface area contributed by atoms with Crippen LogP contribution in [0.2, 0.25) is 0 Å². The maximum Gasteiger partial charge on any atom is 0.416 e. The maximum atomic E-state index is 13.3. The Hall–Kier alpha value is -2.61. The molecule has 3 N–H and O–H groups in total. The highest BCUT2D eigenvalue weighted by molar-refractivity contribution is 5.91. The van der Waals surface area contributed by atoms with Gasteiger partial charge in [0.1, 0.15) is 5.69 Å². The minimum Gasteiger partial charge on any atom is -0.391 e. The summed E-state index contributed by atoms with van der Waals surface area (Å²) in [5.41, 5.74) is 5.08. The van der Waals surface area contributed by atoms with Gasteiger partial charge in [0.15, 0.2) is 0 Å². The van der Waals surface area contributed by atoms with Crippen LogP contribution in [0.3, 0.4) is 0 Å². The second-order valence-corrected chi connectivity index (χ2v) is 5.91. The van der Waals surface area contributed by atoms with Crippen LogP contribution < -0.4 is 10.6 Å². The van der Waals surface area contributed by atoms with E-state index in [1.807, 2.05) is 0 Å². The summed E-state index contributed by atoms with van der Waals surface area (Å²) in [5, 5.41) is 10.0. The lowest BCUT2D eigenvalue weighted by Gasteiger charge is -2.29. The van der Waals surface area contributed by atoms with Gasteiger partial charge in [-0.3, -0.25) is 9.78 Å². The molecule has 1 aromatic heterocycles. The largest absolute Gasteiger partial charge is 0.416 e.